The summed E-state index contributed by atoms with van der Waals surface area (Å²) in [6.07, 6.45) is 0. The Morgan fingerprint density at radius 2 is 2.29 bits per heavy atom. The fourth-order valence-corrected chi connectivity index (χ4v) is 2.86. The molecule has 112 valence electrons. The molecule has 0 aromatic heterocycles. The molecule has 0 radical (unpaired) electrons. The van der Waals surface area contributed by atoms with Crippen molar-refractivity contribution in [3.05, 3.63) is 40.5 Å². The molecule has 1 aromatic rings. The van der Waals surface area contributed by atoms with Crippen molar-refractivity contribution in [1.29, 1.82) is 0 Å². The first-order valence-electron chi connectivity index (χ1n) is 6.35. The van der Waals surface area contributed by atoms with E-state index in [0.717, 1.165) is 4.47 Å². The number of nitrogens with one attached hydrogen (secondary N) is 2. The number of phenolic OH excluding ortho intramolecular Hbond substituents is 1. The topological polar surface area (TPSA) is 70.6 Å². The van der Waals surface area contributed by atoms with Gasteiger partial charge in [0, 0.05) is 15.7 Å². The molecule has 0 amide bonds. The second kappa shape index (κ2) is 6.44. The number of hydrogen-bond acceptors (Lipinski definition) is 4. The van der Waals surface area contributed by atoms with Gasteiger partial charge in [0.05, 0.1) is 12.6 Å². The second-order valence-electron chi connectivity index (χ2n) is 4.53. The molecule has 0 spiro atoms. The number of aromatic hydroxyl groups is 1. The van der Waals surface area contributed by atoms with Crippen LogP contribution < -0.4 is 10.6 Å². The molecule has 7 heteroatoms. The van der Waals surface area contributed by atoms with Gasteiger partial charge in [-0.25, -0.2) is 0 Å². The normalized spacial score (nSPS) is 21.4. The van der Waals surface area contributed by atoms with Crippen LogP contribution in [0.15, 0.2) is 34.9 Å². The summed E-state index contributed by atoms with van der Waals surface area (Å²) in [5.74, 6) is -1.03. The number of thiocarbonyl (C=S) groups is 1. The largest absolute Gasteiger partial charge is 0.508 e. The Hall–Kier alpha value is -1.60. The molecule has 1 aliphatic heterocycles. The van der Waals surface area contributed by atoms with Gasteiger partial charge in [-0.15, -0.1) is 0 Å². The molecule has 0 bridgehead atoms. The number of rotatable bonds is 3. The molecule has 1 aromatic carbocycles. The van der Waals surface area contributed by atoms with E-state index in [1.165, 1.54) is 0 Å². The average Bonchev–Trinajstić information content (AvgIpc) is 2.40. The predicted molar refractivity (Wildman–Crippen MR) is 86.7 cm³/mol. The van der Waals surface area contributed by atoms with Crippen molar-refractivity contribution < 1.29 is 14.6 Å². The second-order valence-corrected chi connectivity index (χ2v) is 5.86. The van der Waals surface area contributed by atoms with Crippen molar-refractivity contribution in [2.75, 3.05) is 6.61 Å². The molecule has 2 atom stereocenters. The standard InChI is InChI=1S/C14H15BrN2O3S/c1-3-20-13(19)11-7(2)16-14(21)17-12(11)9-6-8(15)4-5-10(9)18/h4-6,11-12,18H,2-3H2,1H3,(H2,16,17,21)/t11-,12+/m0/s1. The summed E-state index contributed by atoms with van der Waals surface area (Å²) in [6, 6.07) is 4.46. The van der Waals surface area contributed by atoms with E-state index in [1.54, 1.807) is 25.1 Å². The monoisotopic (exact) mass is 370 g/mol. The molecule has 1 aliphatic rings. The quantitative estimate of drug-likeness (QED) is 0.560. The summed E-state index contributed by atoms with van der Waals surface area (Å²) in [6.45, 7) is 5.85. The maximum absolute atomic E-state index is 12.2. The van der Waals surface area contributed by atoms with Gasteiger partial charge in [0.15, 0.2) is 5.11 Å². The van der Waals surface area contributed by atoms with Crippen molar-refractivity contribution in [3.63, 3.8) is 0 Å². The number of benzene rings is 1. The van der Waals surface area contributed by atoms with Crippen LogP contribution in [0.25, 0.3) is 0 Å². The Balaban J connectivity index is 2.44. The molecule has 2 rings (SSSR count). The summed E-state index contributed by atoms with van der Waals surface area (Å²) in [7, 11) is 0. The first-order chi connectivity index (χ1) is 9.93. The van der Waals surface area contributed by atoms with Crippen molar-refractivity contribution >= 4 is 39.2 Å². The lowest BCUT2D eigenvalue weighted by Crippen LogP contribution is -2.51. The highest BCUT2D eigenvalue weighted by Crippen LogP contribution is 2.36. The minimum atomic E-state index is -0.683. The lowest BCUT2D eigenvalue weighted by molar-refractivity contribution is -0.147. The van der Waals surface area contributed by atoms with Gasteiger partial charge in [0.2, 0.25) is 0 Å². The van der Waals surface area contributed by atoms with Gasteiger partial charge in [-0.05, 0) is 37.3 Å². The highest BCUT2D eigenvalue weighted by molar-refractivity contribution is 9.10. The third-order valence-corrected chi connectivity index (χ3v) is 3.85. The molecule has 1 heterocycles. The Morgan fingerprint density at radius 1 is 1.57 bits per heavy atom. The molecule has 1 fully saturated rings. The highest BCUT2D eigenvalue weighted by Gasteiger charge is 2.38. The van der Waals surface area contributed by atoms with Crippen molar-refractivity contribution in [3.8, 4) is 5.75 Å². The van der Waals surface area contributed by atoms with Gasteiger partial charge in [-0.1, -0.05) is 22.5 Å². The number of ether oxygens (including phenoxy) is 1. The predicted octanol–water partition coefficient (Wildman–Crippen LogP) is 2.37. The van der Waals surface area contributed by atoms with E-state index in [9.17, 15) is 9.90 Å². The SMILES string of the molecule is C=C1NC(=S)N[C@H](c2cc(Br)ccc2O)[C@H]1C(=O)OCC. The van der Waals surface area contributed by atoms with Crippen LogP contribution in [0.4, 0.5) is 0 Å². The Bertz CT molecular complexity index is 606. The molecule has 0 unspecified atom stereocenters. The van der Waals surface area contributed by atoms with E-state index in [2.05, 4.69) is 33.1 Å². The van der Waals surface area contributed by atoms with Crippen molar-refractivity contribution in [2.45, 2.75) is 13.0 Å². The van der Waals surface area contributed by atoms with Gasteiger partial charge < -0.3 is 20.5 Å². The third-order valence-electron chi connectivity index (χ3n) is 3.13. The molecule has 1 saturated heterocycles. The van der Waals surface area contributed by atoms with E-state index in [1.807, 2.05) is 0 Å². The summed E-state index contributed by atoms with van der Waals surface area (Å²) in [5, 5.41) is 16.3. The molecule has 0 aliphatic carbocycles. The Morgan fingerprint density at radius 3 is 2.95 bits per heavy atom. The minimum Gasteiger partial charge on any atom is -0.508 e. The number of carbonyl (C=O) groups excluding carboxylic acids is 1. The zero-order valence-corrected chi connectivity index (χ0v) is 13.8. The van der Waals surface area contributed by atoms with E-state index < -0.39 is 17.9 Å². The summed E-state index contributed by atoms with van der Waals surface area (Å²) >= 11 is 8.47. The lowest BCUT2D eigenvalue weighted by Gasteiger charge is -2.35. The Kier molecular flexibility index (Phi) is 4.84. The zero-order chi connectivity index (χ0) is 15.6. The van der Waals surface area contributed by atoms with E-state index in [4.69, 9.17) is 17.0 Å². The molecule has 0 saturated carbocycles. The maximum Gasteiger partial charge on any atom is 0.317 e. The number of esters is 1. The van der Waals surface area contributed by atoms with Crippen molar-refractivity contribution in [1.82, 2.24) is 10.6 Å². The number of hydrogen-bond donors (Lipinski definition) is 3. The van der Waals surface area contributed by atoms with E-state index in [-0.39, 0.29) is 12.4 Å². The molecular weight excluding hydrogens is 356 g/mol. The summed E-state index contributed by atoms with van der Waals surface area (Å²) in [5.41, 5.74) is 0.994. The number of carbonyl (C=O) groups is 1. The number of halogens is 1. The number of phenols is 1. The van der Waals surface area contributed by atoms with Crippen LogP contribution in [-0.4, -0.2) is 22.8 Å². The fraction of sp³-hybridized carbons (Fsp3) is 0.286. The first-order valence-corrected chi connectivity index (χ1v) is 7.55. The van der Waals surface area contributed by atoms with Crippen LogP contribution in [0.2, 0.25) is 0 Å². The summed E-state index contributed by atoms with van der Waals surface area (Å²) < 4.78 is 5.88. The minimum absolute atomic E-state index is 0.0718. The van der Waals surface area contributed by atoms with Crippen LogP contribution in [-0.2, 0) is 9.53 Å². The lowest BCUT2D eigenvalue weighted by atomic mass is 9.88. The first kappa shape index (κ1) is 15.8. The average molecular weight is 371 g/mol. The maximum atomic E-state index is 12.2. The van der Waals surface area contributed by atoms with Crippen LogP contribution in [0.5, 0.6) is 5.75 Å². The van der Waals surface area contributed by atoms with Crippen LogP contribution in [0.3, 0.4) is 0 Å². The van der Waals surface area contributed by atoms with Gasteiger partial charge in [0.1, 0.15) is 11.7 Å². The van der Waals surface area contributed by atoms with E-state index >= 15 is 0 Å². The van der Waals surface area contributed by atoms with Crippen LogP contribution in [0.1, 0.15) is 18.5 Å². The highest BCUT2D eigenvalue weighted by atomic mass is 79.9. The van der Waals surface area contributed by atoms with Gasteiger partial charge in [-0.2, -0.15) is 0 Å². The summed E-state index contributed by atoms with van der Waals surface area (Å²) in [4.78, 5) is 12.2. The molecule has 3 N–H and O–H groups in total. The third kappa shape index (κ3) is 3.36. The smallest absolute Gasteiger partial charge is 0.317 e. The van der Waals surface area contributed by atoms with Crippen molar-refractivity contribution in [2.24, 2.45) is 5.92 Å². The fourth-order valence-electron chi connectivity index (χ4n) is 2.23. The zero-order valence-electron chi connectivity index (χ0n) is 11.4. The molecule has 5 nitrogen and oxygen atoms in total. The Labute approximate surface area is 136 Å². The van der Waals surface area contributed by atoms with E-state index in [0.29, 0.717) is 16.4 Å². The van der Waals surface area contributed by atoms with Crippen LogP contribution >= 0.6 is 28.1 Å². The van der Waals surface area contributed by atoms with Gasteiger partial charge in [0.25, 0.3) is 0 Å². The van der Waals surface area contributed by atoms with Gasteiger partial charge in [-0.3, -0.25) is 4.79 Å². The molecular formula is C14H15BrN2O3S. The van der Waals surface area contributed by atoms with Gasteiger partial charge >= 0.3 is 5.97 Å². The van der Waals surface area contributed by atoms with Crippen LogP contribution in [0, 0.1) is 5.92 Å². The molecule has 21 heavy (non-hydrogen) atoms.